The molecule has 1 aromatic heterocycles. The number of urea groups is 1. The summed E-state index contributed by atoms with van der Waals surface area (Å²) in [7, 11) is 0. The van der Waals surface area contributed by atoms with Crippen LogP contribution in [0.15, 0.2) is 6.07 Å². The van der Waals surface area contributed by atoms with Gasteiger partial charge in [-0.2, -0.15) is 0 Å². The van der Waals surface area contributed by atoms with Crippen molar-refractivity contribution in [1.29, 1.82) is 0 Å². The lowest BCUT2D eigenvalue weighted by Crippen LogP contribution is -2.38. The second kappa shape index (κ2) is 5.86. The normalized spacial score (nSPS) is 12.2. The van der Waals surface area contributed by atoms with Gasteiger partial charge in [-0.15, -0.1) is 11.3 Å². The van der Waals surface area contributed by atoms with Gasteiger partial charge >= 0.3 is 6.03 Å². The molecule has 4 nitrogen and oxygen atoms in total. The Morgan fingerprint density at radius 2 is 2.25 bits per heavy atom. The van der Waals surface area contributed by atoms with Crippen molar-refractivity contribution in [3.63, 3.8) is 0 Å². The van der Waals surface area contributed by atoms with E-state index >= 15 is 0 Å². The van der Waals surface area contributed by atoms with Crippen LogP contribution >= 0.6 is 11.3 Å². The van der Waals surface area contributed by atoms with Gasteiger partial charge in [-0.05, 0) is 32.4 Å². The minimum absolute atomic E-state index is 0.0105. The summed E-state index contributed by atoms with van der Waals surface area (Å²) in [6, 6.07) is 1.84. The van der Waals surface area contributed by atoms with Crippen molar-refractivity contribution in [3.8, 4) is 0 Å². The molecule has 0 aliphatic rings. The number of aryl methyl sites for hydroxylation is 2. The molecule has 0 aromatic carbocycles. The van der Waals surface area contributed by atoms with Gasteiger partial charge in [0.1, 0.15) is 0 Å². The molecule has 0 saturated heterocycles. The highest BCUT2D eigenvalue weighted by atomic mass is 32.1. The van der Waals surface area contributed by atoms with Crippen LogP contribution < -0.4 is 10.6 Å². The zero-order chi connectivity index (χ0) is 12.1. The summed E-state index contributed by atoms with van der Waals surface area (Å²) >= 11 is 1.73. The number of hydrogen-bond donors (Lipinski definition) is 3. The Kier molecular flexibility index (Phi) is 4.76. The molecule has 90 valence electrons. The summed E-state index contributed by atoms with van der Waals surface area (Å²) in [5.74, 6) is 0. The molecular formula is C11H18N2O2S. The highest BCUT2D eigenvalue weighted by molar-refractivity contribution is 7.12. The fourth-order valence-corrected chi connectivity index (χ4v) is 2.60. The van der Waals surface area contributed by atoms with E-state index in [1.165, 1.54) is 9.75 Å². The Labute approximate surface area is 99.7 Å². The molecule has 16 heavy (non-hydrogen) atoms. The summed E-state index contributed by atoms with van der Waals surface area (Å²) in [5.41, 5.74) is 1.15. The minimum Gasteiger partial charge on any atom is -0.395 e. The number of carbonyl (C=O) groups excluding carboxylic acids is 1. The van der Waals surface area contributed by atoms with Gasteiger partial charge in [0.2, 0.25) is 0 Å². The SMILES string of the molecule is Cc1cc(C(C)NC(=O)NCCO)c(C)s1. The molecule has 5 heteroatoms. The van der Waals surface area contributed by atoms with Crippen molar-refractivity contribution in [3.05, 3.63) is 21.4 Å². The van der Waals surface area contributed by atoms with Crippen LogP contribution in [0.4, 0.5) is 4.79 Å². The third-order valence-corrected chi connectivity index (χ3v) is 3.27. The van der Waals surface area contributed by atoms with Gasteiger partial charge in [0.15, 0.2) is 0 Å². The number of amides is 2. The van der Waals surface area contributed by atoms with E-state index in [0.717, 1.165) is 5.56 Å². The van der Waals surface area contributed by atoms with E-state index in [0.29, 0.717) is 0 Å². The summed E-state index contributed by atoms with van der Waals surface area (Å²) in [6.07, 6.45) is 0. The lowest BCUT2D eigenvalue weighted by Gasteiger charge is -2.14. The zero-order valence-corrected chi connectivity index (χ0v) is 10.6. The standard InChI is InChI=1S/C11H18N2O2S/c1-7-6-10(9(3)16-7)8(2)13-11(15)12-4-5-14/h6,8,14H,4-5H2,1-3H3,(H2,12,13,15). The van der Waals surface area contributed by atoms with Crippen LogP contribution in [0.3, 0.4) is 0 Å². The van der Waals surface area contributed by atoms with Crippen molar-refractivity contribution >= 4 is 17.4 Å². The second-order valence-electron chi connectivity index (χ2n) is 3.71. The molecule has 1 aromatic rings. The molecule has 2 amide bonds. The molecule has 1 rings (SSSR count). The summed E-state index contributed by atoms with van der Waals surface area (Å²) in [6.45, 7) is 6.29. The van der Waals surface area contributed by atoms with Crippen LogP contribution in [0, 0.1) is 13.8 Å². The average Bonchev–Trinajstić information content (AvgIpc) is 2.54. The molecule has 0 saturated carbocycles. The van der Waals surface area contributed by atoms with Crippen LogP contribution in [0.2, 0.25) is 0 Å². The fraction of sp³-hybridized carbons (Fsp3) is 0.545. The third kappa shape index (κ3) is 3.50. The van der Waals surface area contributed by atoms with E-state index in [1.54, 1.807) is 11.3 Å². The molecule has 1 atom stereocenters. The van der Waals surface area contributed by atoms with Crippen molar-refractivity contribution < 1.29 is 9.90 Å². The Hall–Kier alpha value is -1.07. The second-order valence-corrected chi connectivity index (χ2v) is 5.17. The number of thiophene rings is 1. The number of nitrogens with one attached hydrogen (secondary N) is 2. The first-order valence-electron chi connectivity index (χ1n) is 5.26. The van der Waals surface area contributed by atoms with Crippen LogP contribution in [0.1, 0.15) is 28.3 Å². The first-order chi connectivity index (χ1) is 7.54. The lowest BCUT2D eigenvalue weighted by molar-refractivity contribution is 0.231. The molecule has 0 aliphatic heterocycles. The van der Waals surface area contributed by atoms with E-state index in [2.05, 4.69) is 30.5 Å². The summed E-state index contributed by atoms with van der Waals surface area (Å²) in [5, 5.41) is 14.0. The van der Waals surface area contributed by atoms with E-state index < -0.39 is 0 Å². The number of rotatable bonds is 4. The van der Waals surface area contributed by atoms with Crippen LogP contribution in [0.25, 0.3) is 0 Å². The van der Waals surface area contributed by atoms with Gasteiger partial charge in [0.25, 0.3) is 0 Å². The van der Waals surface area contributed by atoms with E-state index in [-0.39, 0.29) is 25.2 Å². The van der Waals surface area contributed by atoms with Crippen LogP contribution in [-0.4, -0.2) is 24.3 Å². The molecule has 0 fully saturated rings. The van der Waals surface area contributed by atoms with Crippen molar-refractivity contribution in [2.75, 3.05) is 13.2 Å². The Morgan fingerprint density at radius 1 is 1.56 bits per heavy atom. The van der Waals surface area contributed by atoms with Gasteiger partial charge in [0, 0.05) is 16.3 Å². The van der Waals surface area contributed by atoms with Crippen molar-refractivity contribution in [1.82, 2.24) is 10.6 Å². The van der Waals surface area contributed by atoms with E-state index in [4.69, 9.17) is 5.11 Å². The highest BCUT2D eigenvalue weighted by Crippen LogP contribution is 2.25. The molecule has 1 heterocycles. The largest absolute Gasteiger partial charge is 0.395 e. The van der Waals surface area contributed by atoms with Crippen molar-refractivity contribution in [2.24, 2.45) is 0 Å². The van der Waals surface area contributed by atoms with Crippen LogP contribution in [-0.2, 0) is 0 Å². The van der Waals surface area contributed by atoms with Crippen molar-refractivity contribution in [2.45, 2.75) is 26.8 Å². The molecule has 0 spiro atoms. The lowest BCUT2D eigenvalue weighted by atomic mass is 10.1. The zero-order valence-electron chi connectivity index (χ0n) is 9.83. The highest BCUT2D eigenvalue weighted by Gasteiger charge is 2.13. The molecule has 1 unspecified atom stereocenters. The summed E-state index contributed by atoms with van der Waals surface area (Å²) in [4.78, 5) is 13.9. The first-order valence-corrected chi connectivity index (χ1v) is 6.08. The number of carbonyl (C=O) groups is 1. The Morgan fingerprint density at radius 3 is 2.75 bits per heavy atom. The minimum atomic E-state index is -0.246. The molecule has 0 bridgehead atoms. The maximum Gasteiger partial charge on any atom is 0.315 e. The molecule has 0 aliphatic carbocycles. The van der Waals surface area contributed by atoms with Gasteiger partial charge in [-0.1, -0.05) is 0 Å². The fourth-order valence-electron chi connectivity index (χ4n) is 1.58. The number of hydrogen-bond acceptors (Lipinski definition) is 3. The van der Waals surface area contributed by atoms with E-state index in [9.17, 15) is 4.79 Å². The van der Waals surface area contributed by atoms with Gasteiger partial charge in [-0.25, -0.2) is 4.79 Å². The third-order valence-electron chi connectivity index (χ3n) is 2.29. The Bertz CT molecular complexity index is 363. The first kappa shape index (κ1) is 13.0. The topological polar surface area (TPSA) is 61.4 Å². The monoisotopic (exact) mass is 242 g/mol. The maximum absolute atomic E-state index is 11.4. The molecule has 0 radical (unpaired) electrons. The van der Waals surface area contributed by atoms with Crippen LogP contribution in [0.5, 0.6) is 0 Å². The summed E-state index contributed by atoms with van der Waals surface area (Å²) < 4.78 is 0. The quantitative estimate of drug-likeness (QED) is 0.753. The maximum atomic E-state index is 11.4. The van der Waals surface area contributed by atoms with Gasteiger partial charge in [-0.3, -0.25) is 0 Å². The predicted octanol–water partition coefficient (Wildman–Crippen LogP) is 1.72. The Balaban J connectivity index is 2.55. The number of aliphatic hydroxyl groups is 1. The average molecular weight is 242 g/mol. The number of aliphatic hydroxyl groups excluding tert-OH is 1. The molecule has 3 N–H and O–H groups in total. The van der Waals surface area contributed by atoms with E-state index in [1.807, 2.05) is 6.92 Å². The molecular weight excluding hydrogens is 224 g/mol. The van der Waals surface area contributed by atoms with Gasteiger partial charge in [0.05, 0.1) is 12.6 Å². The smallest absolute Gasteiger partial charge is 0.315 e. The van der Waals surface area contributed by atoms with Gasteiger partial charge < -0.3 is 15.7 Å². The predicted molar refractivity (Wildman–Crippen MR) is 65.8 cm³/mol.